The molecule has 9 unspecified atom stereocenters. The minimum atomic E-state index is -0.126. The summed E-state index contributed by atoms with van der Waals surface area (Å²) in [5.41, 5.74) is 3.80. The molecule has 1 aromatic carbocycles. The van der Waals surface area contributed by atoms with Crippen molar-refractivity contribution >= 4 is 0 Å². The number of hydrogen-bond acceptors (Lipinski definition) is 2. The van der Waals surface area contributed by atoms with Crippen molar-refractivity contribution in [1.82, 2.24) is 4.90 Å². The molecular weight excluding hydrogens is 818 g/mol. The first-order chi connectivity index (χ1) is 30.9. The molecule has 5 aliphatic carbocycles. The monoisotopic (exact) mass is 934 g/mol. The smallest absolute Gasteiger partial charge is 0.123 e. The van der Waals surface area contributed by atoms with Crippen LogP contribution in [0.5, 0.6) is 0 Å². The first-order valence-corrected chi connectivity index (χ1v) is 29.1. The standard InChI is InChI=1S/C16H23F.C13H25N.C12H22.C12H24.C11H22O/c1-16(2,3)11-13-5-4-6-15(13)12-7-9-14(17)10-8-12;1-13(2,3)9-10-7-11-5-6-12(8-10)14(11)4;1-12(2,3)8-11-7-9-4-5-10(11)6-9;1-10-5-7-11(8-6-10)9-12(2,3)4;1-11(2,3)8-9-5-4-6-10(12)7-9/h7-10,13,15H,4-6,11H2,1-3H3;10-12H,5-9H2,1-4H3;9-11H,4-8H2,1-3H3;10-11H,5-9H2,1-4H3;9-10,12H,4-8H2,1-3H3. The fraction of sp³-hybridized carbons (Fsp3) is 0.906. The summed E-state index contributed by atoms with van der Waals surface area (Å²) in [5.74, 6) is 8.44. The number of piperidine rings is 1. The highest BCUT2D eigenvalue weighted by Crippen LogP contribution is 2.52. The van der Waals surface area contributed by atoms with Crippen molar-refractivity contribution in [2.75, 3.05) is 7.05 Å². The van der Waals surface area contributed by atoms with Crippen LogP contribution < -0.4 is 0 Å². The number of fused-ring (bicyclic) bond motifs is 4. The zero-order valence-corrected chi connectivity index (χ0v) is 48.0. The molecular formula is C64H116FNO. The van der Waals surface area contributed by atoms with E-state index >= 15 is 0 Å². The summed E-state index contributed by atoms with van der Waals surface area (Å²) < 4.78 is 12.9. The topological polar surface area (TPSA) is 23.5 Å². The summed E-state index contributed by atoms with van der Waals surface area (Å²) >= 11 is 0. The van der Waals surface area contributed by atoms with Gasteiger partial charge in [0.15, 0.2) is 0 Å². The average Bonchev–Trinajstić information content (AvgIpc) is 3.96. The lowest BCUT2D eigenvalue weighted by molar-refractivity contribution is 0.0858. The van der Waals surface area contributed by atoms with Crippen LogP contribution in [0.2, 0.25) is 0 Å². The molecule has 2 nitrogen and oxygen atoms in total. The van der Waals surface area contributed by atoms with Gasteiger partial charge in [0.05, 0.1) is 6.10 Å². The van der Waals surface area contributed by atoms with Crippen LogP contribution in [-0.4, -0.2) is 35.2 Å². The van der Waals surface area contributed by atoms with Crippen LogP contribution in [0.15, 0.2) is 24.3 Å². The molecule has 4 bridgehead atoms. The molecule has 0 spiro atoms. The van der Waals surface area contributed by atoms with Crippen molar-refractivity contribution in [3.63, 3.8) is 0 Å². The van der Waals surface area contributed by atoms with E-state index in [0.29, 0.717) is 33.0 Å². The fourth-order valence-corrected chi connectivity index (χ4v) is 14.9. The Morgan fingerprint density at radius 3 is 1.45 bits per heavy atom. The van der Waals surface area contributed by atoms with E-state index in [4.69, 9.17) is 0 Å². The quantitative estimate of drug-likeness (QED) is 0.307. The molecule has 0 aromatic heterocycles. The molecule has 8 rings (SSSR count). The zero-order valence-electron chi connectivity index (χ0n) is 48.0. The van der Waals surface area contributed by atoms with Gasteiger partial charge >= 0.3 is 0 Å². The van der Waals surface area contributed by atoms with Crippen molar-refractivity contribution in [3.05, 3.63) is 35.6 Å². The Labute approximate surface area is 418 Å². The van der Waals surface area contributed by atoms with Crippen LogP contribution in [0.25, 0.3) is 0 Å². The van der Waals surface area contributed by atoms with E-state index in [-0.39, 0.29) is 11.9 Å². The first-order valence-electron chi connectivity index (χ1n) is 29.1. The SMILES string of the molecule is CC(C)(C)CC1CC2CCC1C2.CC(C)(C)CC1CCCC(O)C1.CC(C)(C)CC1CCCC1c1ccc(F)cc1.CC1CCC(CC(C)(C)C)CC1.CN1C2CCC1CC(CC(C)(C)C)C2. The van der Waals surface area contributed by atoms with Crippen LogP contribution in [0.4, 0.5) is 4.39 Å². The van der Waals surface area contributed by atoms with E-state index in [1.54, 1.807) is 37.8 Å². The van der Waals surface area contributed by atoms with E-state index in [9.17, 15) is 9.50 Å². The van der Waals surface area contributed by atoms with E-state index in [1.165, 1.54) is 121 Å². The summed E-state index contributed by atoms with van der Waals surface area (Å²) in [4.78, 5) is 2.64. The third-order valence-electron chi connectivity index (χ3n) is 17.4. The van der Waals surface area contributed by atoms with Crippen molar-refractivity contribution in [2.45, 2.75) is 289 Å². The van der Waals surface area contributed by atoms with Crippen molar-refractivity contribution in [2.24, 2.45) is 74.4 Å². The highest BCUT2D eigenvalue weighted by molar-refractivity contribution is 5.22. The maximum atomic E-state index is 12.9. The van der Waals surface area contributed by atoms with Gasteiger partial charge in [0.25, 0.3) is 0 Å². The Morgan fingerprint density at radius 1 is 0.478 bits per heavy atom. The average molecular weight is 935 g/mol. The minimum Gasteiger partial charge on any atom is -0.393 e. The molecule has 7 aliphatic rings. The van der Waals surface area contributed by atoms with Gasteiger partial charge in [-0.2, -0.15) is 0 Å². The fourth-order valence-electron chi connectivity index (χ4n) is 14.9. The minimum absolute atomic E-state index is 0.00824. The number of halogens is 1. The predicted molar refractivity (Wildman–Crippen MR) is 292 cm³/mol. The van der Waals surface area contributed by atoms with E-state index < -0.39 is 0 Å². The van der Waals surface area contributed by atoms with Crippen LogP contribution in [0.1, 0.15) is 276 Å². The van der Waals surface area contributed by atoms with Crippen LogP contribution in [-0.2, 0) is 0 Å². The number of hydrogen-bond donors (Lipinski definition) is 1. The van der Waals surface area contributed by atoms with Gasteiger partial charge in [-0.1, -0.05) is 174 Å². The Morgan fingerprint density at radius 2 is 0.970 bits per heavy atom. The second kappa shape index (κ2) is 25.6. The Hall–Kier alpha value is -0.930. The first kappa shape index (κ1) is 58.6. The van der Waals surface area contributed by atoms with Crippen LogP contribution in [0.3, 0.4) is 0 Å². The summed E-state index contributed by atoms with van der Waals surface area (Å²) in [6.07, 6.45) is 33.4. The second-order valence-electron chi connectivity index (χ2n) is 30.8. The largest absolute Gasteiger partial charge is 0.393 e. The lowest BCUT2D eigenvalue weighted by Crippen LogP contribution is -2.40. The maximum absolute atomic E-state index is 12.9. The molecule has 2 heterocycles. The highest BCUT2D eigenvalue weighted by Gasteiger charge is 2.41. The number of aliphatic hydroxyl groups excluding tert-OH is 1. The van der Waals surface area contributed by atoms with Crippen molar-refractivity contribution in [1.29, 1.82) is 0 Å². The van der Waals surface area contributed by atoms with Crippen LogP contribution in [0, 0.1) is 80.2 Å². The normalized spacial score (nSPS) is 33.3. The molecule has 0 amide bonds. The molecule has 5 saturated carbocycles. The number of aliphatic hydroxyl groups is 1. The third-order valence-corrected chi connectivity index (χ3v) is 17.4. The lowest BCUT2D eigenvalue weighted by Gasteiger charge is -2.38. The maximum Gasteiger partial charge on any atom is 0.123 e. The molecule has 67 heavy (non-hydrogen) atoms. The molecule has 1 aromatic rings. The molecule has 2 aliphatic heterocycles. The van der Waals surface area contributed by atoms with Crippen molar-refractivity contribution < 1.29 is 9.50 Å². The molecule has 0 radical (unpaired) electrons. The number of benzene rings is 1. The van der Waals surface area contributed by atoms with Gasteiger partial charge in [-0.25, -0.2) is 4.39 Å². The number of rotatable bonds is 6. The second-order valence-corrected chi connectivity index (χ2v) is 30.8. The highest BCUT2D eigenvalue weighted by atomic mass is 19.1. The summed E-state index contributed by atoms with van der Waals surface area (Å²) in [6.45, 7) is 37.6. The predicted octanol–water partition coefficient (Wildman–Crippen LogP) is 19.5. The van der Waals surface area contributed by atoms with Crippen LogP contribution >= 0.6 is 0 Å². The molecule has 7 fully saturated rings. The van der Waals surface area contributed by atoms with Gasteiger partial charge in [0.2, 0.25) is 0 Å². The van der Waals surface area contributed by atoms with E-state index in [1.807, 2.05) is 12.1 Å². The van der Waals surface area contributed by atoms with Gasteiger partial charge < -0.3 is 10.0 Å². The molecule has 2 saturated heterocycles. The number of nitrogens with zero attached hydrogens (tertiary/aromatic N) is 1. The van der Waals surface area contributed by atoms with Gasteiger partial charge in [-0.3, -0.25) is 0 Å². The van der Waals surface area contributed by atoms with Gasteiger partial charge in [0, 0.05) is 12.1 Å². The molecule has 390 valence electrons. The van der Waals surface area contributed by atoms with E-state index in [2.05, 4.69) is 123 Å². The van der Waals surface area contributed by atoms with Gasteiger partial charge in [0.1, 0.15) is 5.82 Å². The summed E-state index contributed by atoms with van der Waals surface area (Å²) in [6, 6.07) is 8.98. The van der Waals surface area contributed by atoms with Gasteiger partial charge in [-0.05, 0) is 208 Å². The van der Waals surface area contributed by atoms with E-state index in [0.717, 1.165) is 72.3 Å². The Kier molecular flexibility index (Phi) is 22.4. The molecule has 3 heteroatoms. The molecule has 1 N–H and O–H groups in total. The van der Waals surface area contributed by atoms with Crippen molar-refractivity contribution in [3.8, 4) is 0 Å². The van der Waals surface area contributed by atoms with Gasteiger partial charge in [-0.15, -0.1) is 0 Å². The Bertz CT molecular complexity index is 1490. The zero-order chi connectivity index (χ0) is 50.0. The summed E-state index contributed by atoms with van der Waals surface area (Å²) in [5, 5.41) is 9.48. The lowest BCUT2D eigenvalue weighted by atomic mass is 9.75. The Balaban J connectivity index is 0.000000184. The third kappa shape index (κ3) is 23.0. The summed E-state index contributed by atoms with van der Waals surface area (Å²) in [7, 11) is 2.33. The molecule has 9 atom stereocenters.